The van der Waals surface area contributed by atoms with Crippen LogP contribution < -0.4 is 0 Å². The van der Waals surface area contributed by atoms with Crippen molar-refractivity contribution >= 4 is 34.0 Å². The number of benzene rings is 1. The summed E-state index contributed by atoms with van der Waals surface area (Å²) in [6.45, 7) is 0. The minimum atomic E-state index is -0.307. The van der Waals surface area contributed by atoms with Crippen LogP contribution in [0.25, 0.3) is 10.9 Å². The lowest BCUT2D eigenvalue weighted by atomic mass is 10.2. The van der Waals surface area contributed by atoms with Gasteiger partial charge in [-0.15, -0.1) is 11.3 Å². The summed E-state index contributed by atoms with van der Waals surface area (Å²) in [4.78, 5) is 8.19. The number of nitrogens with zero attached hydrogens (tertiary/aromatic N) is 2. The number of rotatable bonds is 2. The van der Waals surface area contributed by atoms with E-state index < -0.39 is 0 Å². The topological polar surface area (TPSA) is 25.8 Å². The molecular weight excluding hydrogens is 255 g/mol. The summed E-state index contributed by atoms with van der Waals surface area (Å²) in [7, 11) is 0. The van der Waals surface area contributed by atoms with Crippen molar-refractivity contribution in [1.82, 2.24) is 9.97 Å². The highest BCUT2D eigenvalue weighted by molar-refractivity contribution is 8.01. The molecule has 0 unspecified atom stereocenters. The largest absolute Gasteiger partial charge is 0.233 e. The fraction of sp³-hybridized carbons (Fsp3) is 0. The Morgan fingerprint density at radius 3 is 2.88 bits per heavy atom. The molecule has 0 saturated carbocycles. The van der Waals surface area contributed by atoms with E-state index in [4.69, 9.17) is 0 Å². The summed E-state index contributed by atoms with van der Waals surface area (Å²) in [5.74, 6) is -0.307. The first-order valence-corrected chi connectivity index (χ1v) is 6.65. The molecule has 2 heterocycles. The van der Waals surface area contributed by atoms with Gasteiger partial charge in [0.1, 0.15) is 22.7 Å². The maximum atomic E-state index is 13.5. The summed E-state index contributed by atoms with van der Waals surface area (Å²) >= 11 is 3.17. The zero-order valence-electron chi connectivity index (χ0n) is 8.63. The maximum Gasteiger partial charge on any atom is 0.149 e. The highest BCUT2D eigenvalue weighted by Gasteiger charge is 2.08. The minimum absolute atomic E-state index is 0.307. The van der Waals surface area contributed by atoms with Gasteiger partial charge >= 0.3 is 0 Å². The van der Waals surface area contributed by atoms with Crippen LogP contribution in [-0.4, -0.2) is 9.97 Å². The van der Waals surface area contributed by atoms with E-state index in [2.05, 4.69) is 9.97 Å². The van der Waals surface area contributed by atoms with Crippen LogP contribution in [0.2, 0.25) is 0 Å². The van der Waals surface area contributed by atoms with E-state index in [1.54, 1.807) is 17.4 Å². The van der Waals surface area contributed by atoms with Crippen LogP contribution in [0.15, 0.2) is 51.3 Å². The molecule has 84 valence electrons. The quantitative estimate of drug-likeness (QED) is 0.653. The molecule has 0 aliphatic heterocycles. The van der Waals surface area contributed by atoms with Crippen molar-refractivity contribution in [3.05, 3.63) is 47.9 Å². The van der Waals surface area contributed by atoms with Gasteiger partial charge in [0.15, 0.2) is 0 Å². The van der Waals surface area contributed by atoms with Crippen LogP contribution >= 0.6 is 23.1 Å². The third-order valence-corrected chi connectivity index (χ3v) is 4.33. The molecule has 17 heavy (non-hydrogen) atoms. The van der Waals surface area contributed by atoms with Gasteiger partial charge in [-0.1, -0.05) is 23.9 Å². The fourth-order valence-electron chi connectivity index (χ4n) is 1.53. The van der Waals surface area contributed by atoms with Crippen molar-refractivity contribution in [2.24, 2.45) is 0 Å². The minimum Gasteiger partial charge on any atom is -0.233 e. The standard InChI is InChI=1S/C12H7FN2S2/c13-9-4-1-3-8-11(9)14-7-15-12(8)17-10-5-2-6-16-10/h1-7H. The van der Waals surface area contributed by atoms with Crippen molar-refractivity contribution in [2.45, 2.75) is 9.24 Å². The summed E-state index contributed by atoms with van der Waals surface area (Å²) in [5, 5.41) is 3.55. The summed E-state index contributed by atoms with van der Waals surface area (Å²) in [5.41, 5.74) is 0.376. The lowest BCUT2D eigenvalue weighted by Gasteiger charge is -2.03. The van der Waals surface area contributed by atoms with Crippen molar-refractivity contribution < 1.29 is 4.39 Å². The van der Waals surface area contributed by atoms with E-state index in [0.717, 1.165) is 14.6 Å². The van der Waals surface area contributed by atoms with Crippen LogP contribution in [0.1, 0.15) is 0 Å². The number of halogens is 1. The molecule has 3 rings (SSSR count). The van der Waals surface area contributed by atoms with Gasteiger partial charge in [0.05, 0.1) is 4.21 Å². The highest BCUT2D eigenvalue weighted by atomic mass is 32.2. The van der Waals surface area contributed by atoms with E-state index in [0.29, 0.717) is 5.52 Å². The number of aromatic nitrogens is 2. The second kappa shape index (κ2) is 4.43. The van der Waals surface area contributed by atoms with Crippen molar-refractivity contribution in [2.75, 3.05) is 0 Å². The molecule has 0 aliphatic rings. The van der Waals surface area contributed by atoms with E-state index in [-0.39, 0.29) is 5.82 Å². The molecule has 0 spiro atoms. The average Bonchev–Trinajstić information content (AvgIpc) is 2.83. The molecule has 0 fully saturated rings. The van der Waals surface area contributed by atoms with E-state index in [1.165, 1.54) is 24.2 Å². The molecular formula is C12H7FN2S2. The zero-order chi connectivity index (χ0) is 11.7. The van der Waals surface area contributed by atoms with Crippen LogP contribution in [0.3, 0.4) is 0 Å². The third-order valence-electron chi connectivity index (χ3n) is 2.27. The first-order chi connectivity index (χ1) is 8.34. The Hall–Kier alpha value is -1.46. The van der Waals surface area contributed by atoms with Gasteiger partial charge in [-0.3, -0.25) is 0 Å². The second-order valence-electron chi connectivity index (χ2n) is 3.35. The van der Waals surface area contributed by atoms with Gasteiger partial charge < -0.3 is 0 Å². The zero-order valence-corrected chi connectivity index (χ0v) is 10.3. The molecule has 2 nitrogen and oxygen atoms in total. The molecule has 5 heteroatoms. The van der Waals surface area contributed by atoms with Crippen molar-refractivity contribution in [1.29, 1.82) is 0 Å². The number of para-hydroxylation sites is 1. The summed E-state index contributed by atoms with van der Waals surface area (Å²) in [6.07, 6.45) is 1.40. The van der Waals surface area contributed by atoms with E-state index >= 15 is 0 Å². The first-order valence-electron chi connectivity index (χ1n) is 4.95. The molecule has 0 radical (unpaired) electrons. The van der Waals surface area contributed by atoms with Crippen LogP contribution in [0, 0.1) is 5.82 Å². The summed E-state index contributed by atoms with van der Waals surface area (Å²) < 4.78 is 14.7. The molecule has 2 aromatic heterocycles. The number of thiophene rings is 1. The Kier molecular flexibility index (Phi) is 2.78. The molecule has 0 aliphatic carbocycles. The number of fused-ring (bicyclic) bond motifs is 1. The van der Waals surface area contributed by atoms with Gasteiger partial charge in [-0.25, -0.2) is 14.4 Å². The number of hydrogen-bond acceptors (Lipinski definition) is 4. The van der Waals surface area contributed by atoms with Gasteiger partial charge in [-0.2, -0.15) is 0 Å². The molecule has 0 N–H and O–H groups in total. The van der Waals surface area contributed by atoms with Gasteiger partial charge in [0.2, 0.25) is 0 Å². The average molecular weight is 262 g/mol. The molecule has 0 saturated heterocycles. The van der Waals surface area contributed by atoms with Crippen LogP contribution in [0.5, 0.6) is 0 Å². The monoisotopic (exact) mass is 262 g/mol. The smallest absolute Gasteiger partial charge is 0.149 e. The van der Waals surface area contributed by atoms with Crippen molar-refractivity contribution in [3.8, 4) is 0 Å². The molecule has 3 aromatic rings. The first kappa shape index (κ1) is 10.7. The van der Waals surface area contributed by atoms with Gasteiger partial charge in [0.25, 0.3) is 0 Å². The Balaban J connectivity index is 2.14. The molecule has 0 atom stereocenters. The Morgan fingerprint density at radius 1 is 1.12 bits per heavy atom. The van der Waals surface area contributed by atoms with E-state index in [1.807, 2.05) is 23.6 Å². The molecule has 1 aromatic carbocycles. The second-order valence-corrected chi connectivity index (χ2v) is 5.59. The maximum absolute atomic E-state index is 13.5. The molecule has 0 bridgehead atoms. The van der Waals surface area contributed by atoms with E-state index in [9.17, 15) is 4.39 Å². The fourth-order valence-corrected chi connectivity index (χ4v) is 3.28. The lowest BCUT2D eigenvalue weighted by Crippen LogP contribution is -1.89. The summed E-state index contributed by atoms with van der Waals surface area (Å²) in [6, 6.07) is 8.93. The van der Waals surface area contributed by atoms with Crippen molar-refractivity contribution in [3.63, 3.8) is 0 Å². The predicted octanol–water partition coefficient (Wildman–Crippen LogP) is 3.98. The lowest BCUT2D eigenvalue weighted by molar-refractivity contribution is 0.636. The Labute approximate surface area is 106 Å². The highest BCUT2D eigenvalue weighted by Crippen LogP contribution is 2.33. The number of hydrogen-bond donors (Lipinski definition) is 0. The third kappa shape index (κ3) is 2.03. The molecule has 0 amide bonds. The normalized spacial score (nSPS) is 10.9. The Bertz CT molecular complexity index is 653. The Morgan fingerprint density at radius 2 is 2.06 bits per heavy atom. The van der Waals surface area contributed by atoms with Gasteiger partial charge in [-0.05, 0) is 23.6 Å². The van der Waals surface area contributed by atoms with Crippen LogP contribution in [-0.2, 0) is 0 Å². The van der Waals surface area contributed by atoms with Crippen LogP contribution in [0.4, 0.5) is 4.39 Å². The predicted molar refractivity (Wildman–Crippen MR) is 67.9 cm³/mol. The van der Waals surface area contributed by atoms with Gasteiger partial charge in [0, 0.05) is 5.39 Å². The SMILES string of the molecule is Fc1cccc2c(Sc3cccs3)ncnc12.